The van der Waals surface area contributed by atoms with Gasteiger partial charge in [-0.2, -0.15) is 0 Å². The van der Waals surface area contributed by atoms with Gasteiger partial charge < -0.3 is 19.5 Å². The van der Waals surface area contributed by atoms with Gasteiger partial charge >= 0.3 is 18.0 Å². The molecule has 9 nitrogen and oxygen atoms in total. The second kappa shape index (κ2) is 11.5. The van der Waals surface area contributed by atoms with Crippen LogP contribution in [0, 0.1) is 0 Å². The first kappa shape index (κ1) is 25.7. The van der Waals surface area contributed by atoms with Gasteiger partial charge in [0.05, 0.1) is 13.0 Å². The number of carboxylic acid groups (broad SMARTS) is 1. The standard InChI is InChI=1S/C26H30N2O7/c1-4-34-25(32)23(24(31)28(16(2)3)14-13-22(29)30)27-26(33)35-15-21-19-11-7-5-9-17(19)18-10-6-8-12-20(18)21/h5-12,16,21,23H,4,13-15H2,1-3H3,(H,27,33)(H,29,30). The highest BCUT2D eigenvalue weighted by Crippen LogP contribution is 2.44. The van der Waals surface area contributed by atoms with Crippen LogP contribution in [0.25, 0.3) is 11.1 Å². The van der Waals surface area contributed by atoms with Crippen LogP contribution in [0.5, 0.6) is 0 Å². The number of carboxylic acids is 1. The summed E-state index contributed by atoms with van der Waals surface area (Å²) < 4.78 is 10.4. The third-order valence-electron chi connectivity index (χ3n) is 5.85. The molecule has 0 fully saturated rings. The third kappa shape index (κ3) is 5.98. The van der Waals surface area contributed by atoms with E-state index in [-0.39, 0.29) is 32.1 Å². The quantitative estimate of drug-likeness (QED) is 0.394. The first-order valence-corrected chi connectivity index (χ1v) is 11.5. The number of ether oxygens (including phenoxy) is 2. The van der Waals surface area contributed by atoms with E-state index in [1.54, 1.807) is 20.8 Å². The molecule has 1 atom stereocenters. The lowest BCUT2D eigenvalue weighted by atomic mass is 9.98. The van der Waals surface area contributed by atoms with Crippen LogP contribution >= 0.6 is 0 Å². The van der Waals surface area contributed by atoms with Crippen LogP contribution < -0.4 is 5.32 Å². The molecule has 186 valence electrons. The van der Waals surface area contributed by atoms with Crippen molar-refractivity contribution in [3.63, 3.8) is 0 Å². The van der Waals surface area contributed by atoms with E-state index in [0.717, 1.165) is 22.3 Å². The van der Waals surface area contributed by atoms with Crippen molar-refractivity contribution in [1.29, 1.82) is 0 Å². The number of benzene rings is 2. The number of carbonyl (C=O) groups is 4. The summed E-state index contributed by atoms with van der Waals surface area (Å²) in [5.74, 6) is -2.96. The molecule has 0 saturated carbocycles. The molecule has 0 aromatic heterocycles. The maximum atomic E-state index is 13.1. The monoisotopic (exact) mass is 482 g/mol. The summed E-state index contributed by atoms with van der Waals surface area (Å²) in [6.07, 6.45) is -1.25. The van der Waals surface area contributed by atoms with Gasteiger partial charge in [0.1, 0.15) is 6.61 Å². The first-order chi connectivity index (χ1) is 16.7. The number of rotatable bonds is 10. The van der Waals surface area contributed by atoms with Gasteiger partial charge in [-0.05, 0) is 43.0 Å². The molecule has 9 heteroatoms. The van der Waals surface area contributed by atoms with Crippen LogP contribution in [-0.4, -0.2) is 65.8 Å². The molecule has 2 aromatic carbocycles. The topological polar surface area (TPSA) is 122 Å². The normalized spacial score (nSPS) is 12.9. The zero-order valence-corrected chi connectivity index (χ0v) is 20.0. The maximum Gasteiger partial charge on any atom is 0.408 e. The summed E-state index contributed by atoms with van der Waals surface area (Å²) in [5.41, 5.74) is 4.20. The smallest absolute Gasteiger partial charge is 0.408 e. The Kier molecular flexibility index (Phi) is 8.46. The van der Waals surface area contributed by atoms with Gasteiger partial charge in [-0.3, -0.25) is 14.9 Å². The zero-order chi connectivity index (χ0) is 25.5. The number of amides is 2. The van der Waals surface area contributed by atoms with Gasteiger partial charge in [-0.25, -0.2) is 9.59 Å². The minimum absolute atomic E-state index is 0.00574. The third-order valence-corrected chi connectivity index (χ3v) is 5.85. The highest BCUT2D eigenvalue weighted by atomic mass is 16.6. The molecule has 0 heterocycles. The van der Waals surface area contributed by atoms with E-state index in [9.17, 15) is 19.2 Å². The lowest BCUT2D eigenvalue weighted by molar-refractivity contribution is -0.152. The van der Waals surface area contributed by atoms with Gasteiger partial charge in [0.25, 0.3) is 5.91 Å². The number of hydrogen-bond donors (Lipinski definition) is 2. The predicted octanol–water partition coefficient (Wildman–Crippen LogP) is 3.17. The molecular weight excluding hydrogens is 452 g/mol. The Bertz CT molecular complexity index is 1050. The van der Waals surface area contributed by atoms with Crippen molar-refractivity contribution in [3.05, 3.63) is 59.7 Å². The van der Waals surface area contributed by atoms with Crippen molar-refractivity contribution in [2.24, 2.45) is 0 Å². The molecule has 2 aromatic rings. The Morgan fingerprint density at radius 3 is 2.06 bits per heavy atom. The fourth-order valence-corrected chi connectivity index (χ4v) is 4.21. The number of alkyl carbamates (subject to hydrolysis) is 1. The van der Waals surface area contributed by atoms with Crippen LogP contribution in [0.2, 0.25) is 0 Å². The van der Waals surface area contributed by atoms with E-state index in [1.165, 1.54) is 4.90 Å². The minimum Gasteiger partial charge on any atom is -0.481 e. The van der Waals surface area contributed by atoms with E-state index < -0.39 is 36.0 Å². The first-order valence-electron chi connectivity index (χ1n) is 11.5. The van der Waals surface area contributed by atoms with Crippen molar-refractivity contribution < 1.29 is 33.8 Å². The van der Waals surface area contributed by atoms with Crippen LogP contribution in [0.3, 0.4) is 0 Å². The number of nitrogens with one attached hydrogen (secondary N) is 1. The summed E-state index contributed by atoms with van der Waals surface area (Å²) >= 11 is 0. The van der Waals surface area contributed by atoms with Crippen LogP contribution in [0.4, 0.5) is 4.79 Å². The van der Waals surface area contributed by atoms with E-state index in [0.29, 0.717) is 0 Å². The van der Waals surface area contributed by atoms with E-state index in [2.05, 4.69) is 5.32 Å². The predicted molar refractivity (Wildman–Crippen MR) is 128 cm³/mol. The molecule has 0 saturated heterocycles. The second-order valence-electron chi connectivity index (χ2n) is 8.42. The van der Waals surface area contributed by atoms with Gasteiger partial charge in [-0.15, -0.1) is 0 Å². The number of hydrogen-bond acceptors (Lipinski definition) is 6. The Balaban J connectivity index is 1.73. The van der Waals surface area contributed by atoms with Gasteiger partial charge in [0.2, 0.25) is 6.04 Å². The van der Waals surface area contributed by atoms with E-state index in [1.807, 2.05) is 48.5 Å². The summed E-state index contributed by atoms with van der Waals surface area (Å²) in [4.78, 5) is 50.5. The lowest BCUT2D eigenvalue weighted by Crippen LogP contribution is -2.55. The van der Waals surface area contributed by atoms with Crippen molar-refractivity contribution in [2.75, 3.05) is 19.8 Å². The largest absolute Gasteiger partial charge is 0.481 e. The Morgan fingerprint density at radius 2 is 1.54 bits per heavy atom. The summed E-state index contributed by atoms with van der Waals surface area (Å²) in [7, 11) is 0. The minimum atomic E-state index is -1.65. The Morgan fingerprint density at radius 1 is 0.971 bits per heavy atom. The molecule has 1 aliphatic rings. The Hall–Kier alpha value is -3.88. The van der Waals surface area contributed by atoms with E-state index >= 15 is 0 Å². The average molecular weight is 483 g/mol. The van der Waals surface area contributed by atoms with Gasteiger partial charge in [-0.1, -0.05) is 48.5 Å². The summed E-state index contributed by atoms with van der Waals surface area (Å²) in [6, 6.07) is 13.7. The summed E-state index contributed by atoms with van der Waals surface area (Å²) in [6.45, 7) is 4.86. The molecule has 2 N–H and O–H groups in total. The highest BCUT2D eigenvalue weighted by Gasteiger charge is 2.36. The number of aliphatic carboxylic acids is 1. The molecule has 3 rings (SSSR count). The molecule has 35 heavy (non-hydrogen) atoms. The number of fused-ring (bicyclic) bond motifs is 3. The number of carbonyl (C=O) groups excluding carboxylic acids is 3. The zero-order valence-electron chi connectivity index (χ0n) is 20.0. The molecule has 0 aliphatic heterocycles. The van der Waals surface area contributed by atoms with Crippen molar-refractivity contribution in [2.45, 2.75) is 45.2 Å². The van der Waals surface area contributed by atoms with Crippen LogP contribution in [0.1, 0.15) is 44.2 Å². The molecular formula is C26H30N2O7. The van der Waals surface area contributed by atoms with Crippen molar-refractivity contribution in [1.82, 2.24) is 10.2 Å². The highest BCUT2D eigenvalue weighted by molar-refractivity contribution is 6.04. The molecule has 1 aliphatic carbocycles. The maximum absolute atomic E-state index is 13.1. The lowest BCUT2D eigenvalue weighted by Gasteiger charge is -2.29. The Labute approximate surface area is 204 Å². The van der Waals surface area contributed by atoms with Crippen molar-refractivity contribution >= 4 is 23.9 Å². The van der Waals surface area contributed by atoms with E-state index in [4.69, 9.17) is 14.6 Å². The molecule has 1 unspecified atom stereocenters. The summed E-state index contributed by atoms with van der Waals surface area (Å²) in [5, 5.41) is 11.3. The molecule has 0 bridgehead atoms. The number of esters is 1. The fraction of sp³-hybridized carbons (Fsp3) is 0.385. The van der Waals surface area contributed by atoms with Gasteiger partial charge in [0.15, 0.2) is 0 Å². The second-order valence-corrected chi connectivity index (χ2v) is 8.42. The van der Waals surface area contributed by atoms with Crippen molar-refractivity contribution in [3.8, 4) is 11.1 Å². The van der Waals surface area contributed by atoms with Gasteiger partial charge in [0, 0.05) is 18.5 Å². The molecule has 0 spiro atoms. The number of nitrogens with zero attached hydrogens (tertiary/aromatic N) is 1. The van der Waals surface area contributed by atoms with Crippen LogP contribution in [-0.2, 0) is 23.9 Å². The molecule has 2 amide bonds. The fourth-order valence-electron chi connectivity index (χ4n) is 4.21. The molecule has 0 radical (unpaired) electrons. The SMILES string of the molecule is CCOC(=O)C(NC(=O)OCC1c2ccccc2-c2ccccc21)C(=O)N(CCC(=O)O)C(C)C. The average Bonchev–Trinajstić information content (AvgIpc) is 3.14. The van der Waals surface area contributed by atoms with Crippen LogP contribution in [0.15, 0.2) is 48.5 Å².